The lowest BCUT2D eigenvalue weighted by Gasteiger charge is -2.36. The molecule has 5 heteroatoms. The van der Waals surface area contributed by atoms with Crippen LogP contribution in [0.25, 0.3) is 0 Å². The van der Waals surface area contributed by atoms with Crippen molar-refractivity contribution in [3.05, 3.63) is 0 Å². The molecule has 19 heavy (non-hydrogen) atoms. The number of nitrogens with zero attached hydrogens (tertiary/aromatic N) is 1. The van der Waals surface area contributed by atoms with Gasteiger partial charge >= 0.3 is 0 Å². The Kier molecular flexibility index (Phi) is 5.60. The van der Waals surface area contributed by atoms with Crippen molar-refractivity contribution in [1.82, 2.24) is 15.5 Å². The van der Waals surface area contributed by atoms with E-state index in [0.717, 1.165) is 52.4 Å². The van der Waals surface area contributed by atoms with Crippen molar-refractivity contribution in [3.8, 4) is 0 Å². The summed E-state index contributed by atoms with van der Waals surface area (Å²) in [5, 5.41) is 6.26. The maximum absolute atomic E-state index is 11.9. The maximum atomic E-state index is 11.9. The highest BCUT2D eigenvalue weighted by molar-refractivity contribution is 5.80. The van der Waals surface area contributed by atoms with Crippen LogP contribution in [0.15, 0.2) is 0 Å². The van der Waals surface area contributed by atoms with E-state index in [0.29, 0.717) is 12.0 Å². The number of ether oxygens (including phenoxy) is 1. The van der Waals surface area contributed by atoms with Crippen LogP contribution in [0.2, 0.25) is 0 Å². The zero-order valence-corrected chi connectivity index (χ0v) is 12.2. The van der Waals surface area contributed by atoms with Crippen LogP contribution in [0.1, 0.15) is 20.3 Å². The van der Waals surface area contributed by atoms with Gasteiger partial charge in [-0.05, 0) is 12.3 Å². The SMILES string of the molecule is CC(C)CC(CNC(=O)C1CNC1)N1CCOCC1. The molecule has 110 valence electrons. The minimum Gasteiger partial charge on any atom is -0.379 e. The Morgan fingerprint density at radius 3 is 2.58 bits per heavy atom. The van der Waals surface area contributed by atoms with Gasteiger partial charge in [0, 0.05) is 38.8 Å². The number of carbonyl (C=O) groups is 1. The Bertz CT molecular complexity index is 286. The number of hydrogen-bond acceptors (Lipinski definition) is 4. The number of nitrogens with one attached hydrogen (secondary N) is 2. The van der Waals surface area contributed by atoms with Crippen molar-refractivity contribution in [2.24, 2.45) is 11.8 Å². The van der Waals surface area contributed by atoms with Crippen LogP contribution in [0.3, 0.4) is 0 Å². The fraction of sp³-hybridized carbons (Fsp3) is 0.929. The summed E-state index contributed by atoms with van der Waals surface area (Å²) in [6.45, 7) is 10.5. The van der Waals surface area contributed by atoms with Crippen LogP contribution in [0.5, 0.6) is 0 Å². The van der Waals surface area contributed by atoms with Crippen LogP contribution in [0, 0.1) is 11.8 Å². The minimum atomic E-state index is 0.185. The molecule has 0 aromatic rings. The van der Waals surface area contributed by atoms with Crippen LogP contribution in [0.4, 0.5) is 0 Å². The second kappa shape index (κ2) is 7.22. The molecule has 0 saturated carbocycles. The Balaban J connectivity index is 1.80. The van der Waals surface area contributed by atoms with Gasteiger partial charge in [0.15, 0.2) is 0 Å². The summed E-state index contributed by atoms with van der Waals surface area (Å²) in [7, 11) is 0. The topological polar surface area (TPSA) is 53.6 Å². The van der Waals surface area contributed by atoms with Crippen LogP contribution < -0.4 is 10.6 Å². The highest BCUT2D eigenvalue weighted by atomic mass is 16.5. The second-order valence-corrected chi connectivity index (χ2v) is 6.03. The highest BCUT2D eigenvalue weighted by Gasteiger charge is 2.27. The lowest BCUT2D eigenvalue weighted by Crippen LogP contribution is -2.54. The summed E-state index contributed by atoms with van der Waals surface area (Å²) in [5.41, 5.74) is 0. The van der Waals surface area contributed by atoms with Crippen LogP contribution in [-0.2, 0) is 9.53 Å². The first kappa shape index (κ1) is 14.8. The monoisotopic (exact) mass is 269 g/mol. The molecule has 0 spiro atoms. The molecule has 5 nitrogen and oxygen atoms in total. The zero-order valence-electron chi connectivity index (χ0n) is 12.2. The lowest BCUT2D eigenvalue weighted by molar-refractivity contribution is -0.126. The molecule has 1 amide bonds. The third kappa shape index (κ3) is 4.44. The molecule has 2 aliphatic rings. The van der Waals surface area contributed by atoms with E-state index in [2.05, 4.69) is 29.4 Å². The molecule has 0 aromatic heterocycles. The van der Waals surface area contributed by atoms with Gasteiger partial charge in [-0.2, -0.15) is 0 Å². The summed E-state index contributed by atoms with van der Waals surface area (Å²) >= 11 is 0. The number of rotatable bonds is 6. The highest BCUT2D eigenvalue weighted by Crippen LogP contribution is 2.13. The van der Waals surface area contributed by atoms with Gasteiger partial charge in [0.25, 0.3) is 0 Å². The predicted molar refractivity (Wildman–Crippen MR) is 75.0 cm³/mol. The Hall–Kier alpha value is -0.650. The molecule has 2 fully saturated rings. The standard InChI is InChI=1S/C14H27N3O2/c1-11(2)7-13(17-3-5-19-6-4-17)10-16-14(18)12-8-15-9-12/h11-13,15H,3-10H2,1-2H3,(H,16,18). The van der Waals surface area contributed by atoms with Gasteiger partial charge in [0.05, 0.1) is 19.1 Å². The third-order valence-corrected chi connectivity index (χ3v) is 3.97. The fourth-order valence-corrected chi connectivity index (χ4v) is 2.69. The minimum absolute atomic E-state index is 0.185. The quantitative estimate of drug-likeness (QED) is 0.716. The normalized spacial score (nSPS) is 23.1. The van der Waals surface area contributed by atoms with Crippen molar-refractivity contribution in [1.29, 1.82) is 0 Å². The Labute approximate surface area is 116 Å². The van der Waals surface area contributed by atoms with Gasteiger partial charge < -0.3 is 15.4 Å². The predicted octanol–water partition coefficient (Wildman–Crippen LogP) is 0.0689. The van der Waals surface area contributed by atoms with Gasteiger partial charge in [-0.3, -0.25) is 9.69 Å². The van der Waals surface area contributed by atoms with E-state index in [9.17, 15) is 4.79 Å². The van der Waals surface area contributed by atoms with Gasteiger partial charge in [-0.25, -0.2) is 0 Å². The molecule has 0 bridgehead atoms. The molecule has 2 heterocycles. The number of carbonyl (C=O) groups excluding carboxylic acids is 1. The van der Waals surface area contributed by atoms with Crippen molar-refractivity contribution in [3.63, 3.8) is 0 Å². The van der Waals surface area contributed by atoms with Crippen molar-refractivity contribution < 1.29 is 9.53 Å². The van der Waals surface area contributed by atoms with Gasteiger partial charge in [0.2, 0.25) is 5.91 Å². The molecule has 2 rings (SSSR count). The molecule has 1 unspecified atom stereocenters. The van der Waals surface area contributed by atoms with Crippen molar-refractivity contribution in [2.45, 2.75) is 26.3 Å². The average molecular weight is 269 g/mol. The molecule has 2 aliphatic heterocycles. The van der Waals surface area contributed by atoms with Gasteiger partial charge in [-0.15, -0.1) is 0 Å². The summed E-state index contributed by atoms with van der Waals surface area (Å²) in [6, 6.07) is 0.445. The molecule has 2 N–H and O–H groups in total. The smallest absolute Gasteiger partial charge is 0.225 e. The first-order chi connectivity index (χ1) is 9.16. The number of morpholine rings is 1. The van der Waals surface area contributed by atoms with Crippen LogP contribution in [-0.4, -0.2) is 62.8 Å². The summed E-state index contributed by atoms with van der Waals surface area (Å²) in [6.07, 6.45) is 1.13. The van der Waals surface area contributed by atoms with Crippen molar-refractivity contribution >= 4 is 5.91 Å². The van der Waals surface area contributed by atoms with Gasteiger partial charge in [0.1, 0.15) is 0 Å². The molecule has 0 radical (unpaired) electrons. The molecule has 0 aliphatic carbocycles. The maximum Gasteiger partial charge on any atom is 0.225 e. The van der Waals surface area contributed by atoms with Crippen LogP contribution >= 0.6 is 0 Å². The molecular weight excluding hydrogens is 242 g/mol. The largest absolute Gasteiger partial charge is 0.379 e. The average Bonchev–Trinajstić information content (AvgIpc) is 2.33. The summed E-state index contributed by atoms with van der Waals surface area (Å²) < 4.78 is 5.41. The molecule has 0 aromatic carbocycles. The summed E-state index contributed by atoms with van der Waals surface area (Å²) in [5.74, 6) is 1.04. The Morgan fingerprint density at radius 1 is 1.37 bits per heavy atom. The van der Waals surface area contributed by atoms with E-state index >= 15 is 0 Å². The molecule has 1 atom stereocenters. The lowest BCUT2D eigenvalue weighted by atomic mass is 10.00. The zero-order chi connectivity index (χ0) is 13.7. The Morgan fingerprint density at radius 2 is 2.05 bits per heavy atom. The number of amides is 1. The number of hydrogen-bond donors (Lipinski definition) is 2. The van der Waals surface area contributed by atoms with E-state index in [1.54, 1.807) is 0 Å². The van der Waals surface area contributed by atoms with E-state index in [4.69, 9.17) is 4.74 Å². The summed E-state index contributed by atoms with van der Waals surface area (Å²) in [4.78, 5) is 14.4. The van der Waals surface area contributed by atoms with Gasteiger partial charge in [-0.1, -0.05) is 13.8 Å². The van der Waals surface area contributed by atoms with E-state index in [1.165, 1.54) is 0 Å². The first-order valence-corrected chi connectivity index (χ1v) is 7.47. The van der Waals surface area contributed by atoms with E-state index in [-0.39, 0.29) is 11.8 Å². The van der Waals surface area contributed by atoms with E-state index in [1.807, 2.05) is 0 Å². The third-order valence-electron chi connectivity index (χ3n) is 3.97. The first-order valence-electron chi connectivity index (χ1n) is 7.47. The van der Waals surface area contributed by atoms with E-state index < -0.39 is 0 Å². The molecular formula is C14H27N3O2. The van der Waals surface area contributed by atoms with Crippen molar-refractivity contribution in [2.75, 3.05) is 45.9 Å². The fourth-order valence-electron chi connectivity index (χ4n) is 2.69. The molecule has 2 saturated heterocycles. The second-order valence-electron chi connectivity index (χ2n) is 6.03.